The summed E-state index contributed by atoms with van der Waals surface area (Å²) in [5.74, 6) is -0.370. The molecule has 0 aromatic heterocycles. The second kappa shape index (κ2) is 6.41. The molecule has 0 fully saturated rings. The molecule has 0 bridgehead atoms. The Balaban J connectivity index is 2.29. The van der Waals surface area contributed by atoms with Crippen molar-refractivity contribution in [1.29, 1.82) is 0 Å². The second-order valence-corrected chi connectivity index (χ2v) is 4.67. The lowest BCUT2D eigenvalue weighted by atomic mass is 10.0. The number of amides is 1. The molecule has 1 atom stereocenters. The molecule has 1 aromatic rings. The molecule has 2 rings (SSSR count). The van der Waals surface area contributed by atoms with Crippen molar-refractivity contribution >= 4 is 12.1 Å². The third kappa shape index (κ3) is 2.92. The predicted octanol–water partition coefficient (Wildman–Crippen LogP) is 2.13. The zero-order chi connectivity index (χ0) is 14.5. The van der Waals surface area contributed by atoms with Crippen LogP contribution >= 0.6 is 0 Å². The minimum absolute atomic E-state index is 0.303. The molecule has 0 spiro atoms. The van der Waals surface area contributed by atoms with Crippen molar-refractivity contribution in [3.63, 3.8) is 0 Å². The molecule has 108 valence electrons. The van der Waals surface area contributed by atoms with Gasteiger partial charge in [-0.2, -0.15) is 0 Å². The van der Waals surface area contributed by atoms with Crippen LogP contribution in [0.2, 0.25) is 0 Å². The normalized spacial score (nSPS) is 17.9. The summed E-state index contributed by atoms with van der Waals surface area (Å²) in [5, 5.41) is 0. The molecule has 1 heterocycles. The fourth-order valence-corrected chi connectivity index (χ4v) is 2.49. The fourth-order valence-electron chi connectivity index (χ4n) is 2.49. The van der Waals surface area contributed by atoms with E-state index in [4.69, 9.17) is 9.47 Å². The van der Waals surface area contributed by atoms with Gasteiger partial charge in [-0.3, -0.25) is 4.90 Å². The molecule has 0 saturated carbocycles. The van der Waals surface area contributed by atoms with Gasteiger partial charge in [0.1, 0.15) is 6.04 Å². The van der Waals surface area contributed by atoms with Crippen LogP contribution in [0, 0.1) is 0 Å². The molecule has 0 radical (unpaired) electrons. The Morgan fingerprint density at radius 2 is 2.00 bits per heavy atom. The maximum absolute atomic E-state index is 12.1. The molecule has 1 unspecified atom stereocenters. The summed E-state index contributed by atoms with van der Waals surface area (Å²) < 4.78 is 9.87. The Kier molecular flexibility index (Phi) is 4.61. The summed E-state index contributed by atoms with van der Waals surface area (Å²) in [5.41, 5.74) is 2.21. The number of ether oxygens (including phenoxy) is 2. The molecule has 20 heavy (non-hydrogen) atoms. The number of nitrogens with zero attached hydrogens (tertiary/aromatic N) is 1. The highest BCUT2D eigenvalue weighted by Gasteiger charge is 2.34. The Labute approximate surface area is 118 Å². The summed E-state index contributed by atoms with van der Waals surface area (Å²) in [6, 6.07) is 7.30. The van der Waals surface area contributed by atoms with Crippen molar-refractivity contribution in [3.8, 4) is 0 Å². The third-order valence-electron chi connectivity index (χ3n) is 3.49. The van der Waals surface area contributed by atoms with E-state index < -0.39 is 12.1 Å². The van der Waals surface area contributed by atoms with Gasteiger partial charge < -0.3 is 9.47 Å². The molecule has 5 heteroatoms. The largest absolute Gasteiger partial charge is 0.464 e. The zero-order valence-corrected chi connectivity index (χ0v) is 11.8. The zero-order valence-electron chi connectivity index (χ0n) is 11.8. The minimum atomic E-state index is -0.588. The molecule has 5 nitrogen and oxygen atoms in total. The van der Waals surface area contributed by atoms with Gasteiger partial charge in [-0.05, 0) is 30.9 Å². The Bertz CT molecular complexity index is 500. The van der Waals surface area contributed by atoms with Crippen LogP contribution in [0.5, 0.6) is 0 Å². The van der Waals surface area contributed by atoms with E-state index in [9.17, 15) is 9.59 Å². The summed E-state index contributed by atoms with van der Waals surface area (Å²) in [6.45, 7) is 2.43. The predicted molar refractivity (Wildman–Crippen MR) is 73.1 cm³/mol. The van der Waals surface area contributed by atoms with Gasteiger partial charge in [0.15, 0.2) is 0 Å². The highest BCUT2D eigenvalue weighted by atomic mass is 16.6. The van der Waals surface area contributed by atoms with Crippen LogP contribution in [-0.2, 0) is 27.2 Å². The first-order chi connectivity index (χ1) is 9.67. The number of benzene rings is 1. The first-order valence-corrected chi connectivity index (χ1v) is 6.75. The molecular weight excluding hydrogens is 258 g/mol. The van der Waals surface area contributed by atoms with E-state index in [1.165, 1.54) is 12.0 Å². The number of methoxy groups -OCH3 is 1. The summed E-state index contributed by atoms with van der Waals surface area (Å²) >= 11 is 0. The summed E-state index contributed by atoms with van der Waals surface area (Å²) in [6.07, 6.45) is 0.790. The molecule has 1 amide bonds. The van der Waals surface area contributed by atoms with Crippen molar-refractivity contribution in [2.45, 2.75) is 32.4 Å². The van der Waals surface area contributed by atoms with E-state index in [0.717, 1.165) is 17.5 Å². The van der Waals surface area contributed by atoms with Crippen molar-refractivity contribution in [1.82, 2.24) is 4.90 Å². The lowest BCUT2D eigenvalue weighted by Crippen LogP contribution is -2.44. The molecule has 0 saturated heterocycles. The van der Waals surface area contributed by atoms with Gasteiger partial charge in [-0.15, -0.1) is 0 Å². The van der Waals surface area contributed by atoms with Crippen LogP contribution in [-0.4, -0.2) is 36.7 Å². The SMILES string of the molecule is CCOC(=O)C1CCc2ccccc2CN1C(=O)OC. The Morgan fingerprint density at radius 3 is 2.65 bits per heavy atom. The van der Waals surface area contributed by atoms with Crippen LogP contribution in [0.25, 0.3) is 0 Å². The standard InChI is InChI=1S/C15H19NO4/c1-3-20-14(17)13-9-8-11-6-4-5-7-12(11)10-16(13)15(18)19-2/h4-7,13H,3,8-10H2,1-2H3. The van der Waals surface area contributed by atoms with Gasteiger partial charge >= 0.3 is 12.1 Å². The van der Waals surface area contributed by atoms with E-state index in [-0.39, 0.29) is 5.97 Å². The number of rotatable bonds is 2. The maximum Gasteiger partial charge on any atom is 0.410 e. The monoisotopic (exact) mass is 277 g/mol. The lowest BCUT2D eigenvalue weighted by molar-refractivity contribution is -0.149. The first-order valence-electron chi connectivity index (χ1n) is 6.75. The number of hydrogen-bond acceptors (Lipinski definition) is 4. The number of hydrogen-bond donors (Lipinski definition) is 0. The second-order valence-electron chi connectivity index (χ2n) is 4.67. The molecule has 0 N–H and O–H groups in total. The van der Waals surface area contributed by atoms with E-state index in [1.807, 2.05) is 24.3 Å². The number of carbonyl (C=O) groups excluding carboxylic acids is 2. The van der Waals surface area contributed by atoms with Gasteiger partial charge in [0.2, 0.25) is 0 Å². The minimum Gasteiger partial charge on any atom is -0.464 e. The van der Waals surface area contributed by atoms with Gasteiger partial charge in [-0.25, -0.2) is 9.59 Å². The molecular formula is C15H19NO4. The van der Waals surface area contributed by atoms with E-state index in [2.05, 4.69) is 0 Å². The summed E-state index contributed by atoms with van der Waals surface area (Å²) in [7, 11) is 1.32. The van der Waals surface area contributed by atoms with Crippen molar-refractivity contribution in [2.75, 3.05) is 13.7 Å². The van der Waals surface area contributed by atoms with Crippen molar-refractivity contribution < 1.29 is 19.1 Å². The lowest BCUT2D eigenvalue weighted by Gasteiger charge is -2.27. The van der Waals surface area contributed by atoms with Gasteiger partial charge in [0, 0.05) is 0 Å². The van der Waals surface area contributed by atoms with Crippen molar-refractivity contribution in [2.24, 2.45) is 0 Å². The highest BCUT2D eigenvalue weighted by molar-refractivity contribution is 5.81. The maximum atomic E-state index is 12.1. The number of carbonyl (C=O) groups is 2. The average molecular weight is 277 g/mol. The van der Waals surface area contributed by atoms with Crippen LogP contribution in [0.15, 0.2) is 24.3 Å². The van der Waals surface area contributed by atoms with Crippen LogP contribution in [0.4, 0.5) is 4.79 Å². The number of aryl methyl sites for hydroxylation is 1. The van der Waals surface area contributed by atoms with E-state index in [1.54, 1.807) is 6.92 Å². The smallest absolute Gasteiger partial charge is 0.410 e. The number of esters is 1. The average Bonchev–Trinajstić information content (AvgIpc) is 2.66. The highest BCUT2D eigenvalue weighted by Crippen LogP contribution is 2.23. The van der Waals surface area contributed by atoms with E-state index >= 15 is 0 Å². The Hall–Kier alpha value is -2.04. The van der Waals surface area contributed by atoms with Gasteiger partial charge in [-0.1, -0.05) is 24.3 Å². The Morgan fingerprint density at radius 1 is 1.30 bits per heavy atom. The number of fused-ring (bicyclic) bond motifs is 1. The van der Waals surface area contributed by atoms with Crippen LogP contribution in [0.3, 0.4) is 0 Å². The molecule has 1 aliphatic rings. The topological polar surface area (TPSA) is 55.8 Å². The van der Waals surface area contributed by atoms with Gasteiger partial charge in [0.25, 0.3) is 0 Å². The van der Waals surface area contributed by atoms with Crippen molar-refractivity contribution in [3.05, 3.63) is 35.4 Å². The van der Waals surface area contributed by atoms with E-state index in [0.29, 0.717) is 19.6 Å². The van der Waals surface area contributed by atoms with Gasteiger partial charge in [0.05, 0.1) is 20.3 Å². The molecule has 0 aliphatic carbocycles. The molecule has 1 aliphatic heterocycles. The summed E-state index contributed by atoms with van der Waals surface area (Å²) in [4.78, 5) is 25.5. The first kappa shape index (κ1) is 14.4. The third-order valence-corrected chi connectivity index (χ3v) is 3.49. The van der Waals surface area contributed by atoms with Crippen LogP contribution < -0.4 is 0 Å². The molecule has 1 aromatic carbocycles. The fraction of sp³-hybridized carbons (Fsp3) is 0.467. The van der Waals surface area contributed by atoms with Crippen LogP contribution in [0.1, 0.15) is 24.5 Å². The quantitative estimate of drug-likeness (QED) is 0.777.